The number of amides is 1. The number of fused-ring (bicyclic) bond motifs is 1. The lowest BCUT2D eigenvalue weighted by atomic mass is 10.2. The highest BCUT2D eigenvalue weighted by Crippen LogP contribution is 2.22. The standard InChI is InChI=1S/C15H11N3O4/c1-17(15-16-12-7-2-3-8-13(12)22-15)14(19)10-5-4-6-11(9-10)18(20)21/h2-9H,1H3. The fourth-order valence-corrected chi connectivity index (χ4v) is 2.04. The number of nitro benzene ring substituents is 1. The van der Waals surface area contributed by atoms with E-state index in [2.05, 4.69) is 4.98 Å². The number of rotatable bonds is 3. The van der Waals surface area contributed by atoms with Crippen LogP contribution in [0.15, 0.2) is 52.9 Å². The first-order valence-electron chi connectivity index (χ1n) is 6.44. The van der Waals surface area contributed by atoms with E-state index in [-0.39, 0.29) is 17.3 Å². The summed E-state index contributed by atoms with van der Waals surface area (Å²) in [4.78, 5) is 28.1. The molecule has 0 spiro atoms. The van der Waals surface area contributed by atoms with Gasteiger partial charge < -0.3 is 4.42 Å². The summed E-state index contributed by atoms with van der Waals surface area (Å²) in [6.07, 6.45) is 0. The molecule has 0 radical (unpaired) electrons. The van der Waals surface area contributed by atoms with Gasteiger partial charge in [0, 0.05) is 24.7 Å². The van der Waals surface area contributed by atoms with Crippen molar-refractivity contribution in [1.29, 1.82) is 0 Å². The number of aromatic nitrogens is 1. The average molecular weight is 297 g/mol. The van der Waals surface area contributed by atoms with Crippen molar-refractivity contribution < 1.29 is 14.1 Å². The van der Waals surface area contributed by atoms with Crippen molar-refractivity contribution in [2.45, 2.75) is 0 Å². The summed E-state index contributed by atoms with van der Waals surface area (Å²) in [5, 5.41) is 10.8. The Morgan fingerprint density at radius 1 is 1.23 bits per heavy atom. The number of nitro groups is 1. The van der Waals surface area contributed by atoms with Gasteiger partial charge in [0.1, 0.15) is 5.52 Å². The van der Waals surface area contributed by atoms with Crippen LogP contribution in [0.5, 0.6) is 0 Å². The highest BCUT2D eigenvalue weighted by atomic mass is 16.6. The van der Waals surface area contributed by atoms with Crippen LogP contribution in [0, 0.1) is 10.1 Å². The Labute approximate surface area is 124 Å². The van der Waals surface area contributed by atoms with Gasteiger partial charge >= 0.3 is 6.01 Å². The largest absolute Gasteiger partial charge is 0.423 e. The highest BCUT2D eigenvalue weighted by Gasteiger charge is 2.20. The van der Waals surface area contributed by atoms with Crippen molar-refractivity contribution in [2.75, 3.05) is 11.9 Å². The highest BCUT2D eigenvalue weighted by molar-refractivity contribution is 6.05. The molecule has 0 N–H and O–H groups in total. The molecule has 1 amide bonds. The smallest absolute Gasteiger partial charge is 0.305 e. The van der Waals surface area contributed by atoms with E-state index in [0.29, 0.717) is 11.1 Å². The first-order valence-corrected chi connectivity index (χ1v) is 6.44. The lowest BCUT2D eigenvalue weighted by molar-refractivity contribution is -0.384. The van der Waals surface area contributed by atoms with Crippen molar-refractivity contribution >= 4 is 28.7 Å². The molecule has 22 heavy (non-hydrogen) atoms. The Bertz CT molecular complexity index is 839. The molecule has 0 unspecified atom stereocenters. The van der Waals surface area contributed by atoms with E-state index in [4.69, 9.17) is 4.42 Å². The Morgan fingerprint density at radius 2 is 2.00 bits per heavy atom. The minimum absolute atomic E-state index is 0.137. The summed E-state index contributed by atoms with van der Waals surface area (Å²) in [6.45, 7) is 0. The van der Waals surface area contributed by atoms with Gasteiger partial charge in [-0.1, -0.05) is 18.2 Å². The molecule has 7 nitrogen and oxygen atoms in total. The number of benzene rings is 2. The summed E-state index contributed by atoms with van der Waals surface area (Å²) in [7, 11) is 1.51. The maximum atomic E-state index is 12.4. The Kier molecular flexibility index (Phi) is 3.30. The van der Waals surface area contributed by atoms with Gasteiger partial charge in [-0.2, -0.15) is 4.98 Å². The van der Waals surface area contributed by atoms with E-state index >= 15 is 0 Å². The van der Waals surface area contributed by atoms with Crippen molar-refractivity contribution in [1.82, 2.24) is 4.98 Å². The molecule has 1 aromatic heterocycles. The molecule has 0 atom stereocenters. The van der Waals surface area contributed by atoms with Crippen molar-refractivity contribution in [3.05, 3.63) is 64.2 Å². The van der Waals surface area contributed by atoms with Gasteiger partial charge in [0.15, 0.2) is 5.58 Å². The molecular formula is C15H11N3O4. The van der Waals surface area contributed by atoms with Gasteiger partial charge in [-0.25, -0.2) is 0 Å². The number of non-ortho nitro benzene ring substituents is 1. The zero-order chi connectivity index (χ0) is 15.7. The van der Waals surface area contributed by atoms with Crippen molar-refractivity contribution in [2.24, 2.45) is 0 Å². The zero-order valence-electron chi connectivity index (χ0n) is 11.6. The molecular weight excluding hydrogens is 286 g/mol. The maximum absolute atomic E-state index is 12.4. The van der Waals surface area contributed by atoms with Crippen LogP contribution in [-0.4, -0.2) is 22.9 Å². The minimum atomic E-state index is -0.545. The van der Waals surface area contributed by atoms with Gasteiger partial charge in [0.2, 0.25) is 0 Å². The molecule has 0 bridgehead atoms. The van der Waals surface area contributed by atoms with E-state index in [1.165, 1.54) is 36.2 Å². The third kappa shape index (κ3) is 2.39. The topological polar surface area (TPSA) is 89.5 Å². The first-order chi connectivity index (χ1) is 10.6. The van der Waals surface area contributed by atoms with Crippen LogP contribution >= 0.6 is 0 Å². The lowest BCUT2D eigenvalue weighted by Gasteiger charge is -2.12. The van der Waals surface area contributed by atoms with E-state index in [0.717, 1.165) is 0 Å². The van der Waals surface area contributed by atoms with E-state index < -0.39 is 10.8 Å². The molecule has 1 heterocycles. The molecule has 0 aliphatic carbocycles. The predicted molar refractivity (Wildman–Crippen MR) is 79.8 cm³/mol. The minimum Gasteiger partial charge on any atom is -0.423 e. The van der Waals surface area contributed by atoms with Crippen LogP contribution in [0.3, 0.4) is 0 Å². The zero-order valence-corrected chi connectivity index (χ0v) is 11.6. The molecule has 3 aromatic rings. The molecule has 110 valence electrons. The van der Waals surface area contributed by atoms with Crippen molar-refractivity contribution in [3.8, 4) is 0 Å². The summed E-state index contributed by atoms with van der Waals surface area (Å²) in [5.41, 5.74) is 1.25. The Balaban J connectivity index is 1.94. The maximum Gasteiger partial charge on any atom is 0.305 e. The van der Waals surface area contributed by atoms with Crippen LogP contribution in [-0.2, 0) is 0 Å². The molecule has 0 fully saturated rings. The van der Waals surface area contributed by atoms with Gasteiger partial charge in [-0.3, -0.25) is 19.8 Å². The second-order valence-electron chi connectivity index (χ2n) is 4.64. The van der Waals surface area contributed by atoms with Gasteiger partial charge in [0.05, 0.1) is 4.92 Å². The molecule has 7 heteroatoms. The number of carbonyl (C=O) groups excluding carboxylic acids is 1. The number of carbonyl (C=O) groups is 1. The summed E-state index contributed by atoms with van der Waals surface area (Å²) < 4.78 is 5.51. The SMILES string of the molecule is CN(C(=O)c1cccc([N+](=O)[O-])c1)c1nc2ccccc2o1. The number of para-hydroxylation sites is 2. The lowest BCUT2D eigenvalue weighted by Crippen LogP contribution is -2.26. The summed E-state index contributed by atoms with van der Waals surface area (Å²) in [5.74, 6) is -0.435. The number of oxazole rings is 1. The second kappa shape index (κ2) is 5.28. The predicted octanol–water partition coefficient (Wildman–Crippen LogP) is 3.01. The number of nitrogens with zero attached hydrogens (tertiary/aromatic N) is 3. The fourth-order valence-electron chi connectivity index (χ4n) is 2.04. The molecule has 0 aliphatic rings. The van der Waals surface area contributed by atoms with Crippen LogP contribution in [0.25, 0.3) is 11.1 Å². The number of hydrogen-bond acceptors (Lipinski definition) is 5. The first kappa shape index (κ1) is 13.7. The average Bonchev–Trinajstić information content (AvgIpc) is 2.97. The molecule has 0 saturated heterocycles. The van der Waals surface area contributed by atoms with Crippen LogP contribution in [0.1, 0.15) is 10.4 Å². The monoisotopic (exact) mass is 297 g/mol. The van der Waals surface area contributed by atoms with Gasteiger partial charge in [-0.05, 0) is 18.2 Å². The Hall–Kier alpha value is -3.22. The van der Waals surface area contributed by atoms with Crippen LogP contribution in [0.4, 0.5) is 11.7 Å². The third-order valence-corrected chi connectivity index (χ3v) is 3.18. The van der Waals surface area contributed by atoms with Crippen molar-refractivity contribution in [3.63, 3.8) is 0 Å². The third-order valence-electron chi connectivity index (χ3n) is 3.18. The van der Waals surface area contributed by atoms with E-state index in [1.54, 1.807) is 18.2 Å². The molecule has 3 rings (SSSR count). The number of hydrogen-bond donors (Lipinski definition) is 0. The Morgan fingerprint density at radius 3 is 2.73 bits per heavy atom. The number of anilines is 1. The normalized spacial score (nSPS) is 10.6. The van der Waals surface area contributed by atoms with E-state index in [1.807, 2.05) is 6.07 Å². The second-order valence-corrected chi connectivity index (χ2v) is 4.64. The van der Waals surface area contributed by atoms with Crippen LogP contribution in [0.2, 0.25) is 0 Å². The fraction of sp³-hybridized carbons (Fsp3) is 0.0667. The molecule has 2 aromatic carbocycles. The quantitative estimate of drug-likeness (QED) is 0.547. The summed E-state index contributed by atoms with van der Waals surface area (Å²) >= 11 is 0. The van der Waals surface area contributed by atoms with Crippen LogP contribution < -0.4 is 4.90 Å². The summed E-state index contributed by atoms with van der Waals surface area (Å²) in [6, 6.07) is 12.8. The van der Waals surface area contributed by atoms with E-state index in [9.17, 15) is 14.9 Å². The van der Waals surface area contributed by atoms with Gasteiger partial charge in [-0.15, -0.1) is 0 Å². The van der Waals surface area contributed by atoms with Gasteiger partial charge in [0.25, 0.3) is 11.6 Å². The molecule has 0 saturated carbocycles. The molecule has 0 aliphatic heterocycles.